The number of hydrogen-bond acceptors (Lipinski definition) is 6. The van der Waals surface area contributed by atoms with Crippen LogP contribution in [0.5, 0.6) is 0 Å². The molecule has 11 heteroatoms. The first kappa shape index (κ1) is 16.7. The van der Waals surface area contributed by atoms with Crippen LogP contribution in [0.4, 0.5) is 19.1 Å². The third-order valence-electron chi connectivity index (χ3n) is 3.69. The number of aromatic nitrogens is 3. The molecule has 2 N–H and O–H groups in total. The molecule has 2 heterocycles. The summed E-state index contributed by atoms with van der Waals surface area (Å²) in [5.41, 5.74) is -2.90. The summed E-state index contributed by atoms with van der Waals surface area (Å²) >= 11 is 0. The number of anilines is 1. The second kappa shape index (κ2) is 5.18. The van der Waals surface area contributed by atoms with Gasteiger partial charge in [-0.15, -0.1) is 5.10 Å². The Morgan fingerprint density at radius 3 is 2.50 bits per heavy atom. The molecule has 0 spiro atoms. The smallest absolute Gasteiger partial charge is 0.363 e. The summed E-state index contributed by atoms with van der Waals surface area (Å²) in [5, 5.41) is 14.1. The highest BCUT2D eigenvalue weighted by atomic mass is 32.2. The molecule has 0 saturated carbocycles. The number of sulfone groups is 1. The maximum atomic E-state index is 13.1. The molecule has 1 aromatic carbocycles. The highest BCUT2D eigenvalue weighted by Gasteiger charge is 2.59. The summed E-state index contributed by atoms with van der Waals surface area (Å²) in [7, 11) is -3.98. The van der Waals surface area contributed by atoms with Crippen molar-refractivity contribution in [3.05, 3.63) is 30.3 Å². The fraction of sp³-hybridized carbons (Fsp3) is 0.385. The number of aliphatic hydroxyl groups is 1. The van der Waals surface area contributed by atoms with Crippen molar-refractivity contribution in [2.24, 2.45) is 0 Å². The Morgan fingerprint density at radius 2 is 1.96 bits per heavy atom. The summed E-state index contributed by atoms with van der Waals surface area (Å²) in [5.74, 6) is -0.409. The number of benzene rings is 1. The lowest BCUT2D eigenvalue weighted by Crippen LogP contribution is -2.57. The minimum atomic E-state index is -5.08. The van der Waals surface area contributed by atoms with Crippen molar-refractivity contribution in [2.45, 2.75) is 23.7 Å². The molecule has 1 aliphatic heterocycles. The predicted octanol–water partition coefficient (Wildman–Crippen LogP) is 1.55. The molecule has 0 bridgehead atoms. The van der Waals surface area contributed by atoms with Gasteiger partial charge in [-0.2, -0.15) is 18.2 Å². The molecule has 130 valence electrons. The van der Waals surface area contributed by atoms with E-state index >= 15 is 0 Å². The van der Waals surface area contributed by atoms with Crippen molar-refractivity contribution in [2.75, 3.05) is 11.6 Å². The molecule has 0 fully saturated rings. The molecule has 0 radical (unpaired) electrons. The third kappa shape index (κ3) is 2.73. The number of nitrogens with one attached hydrogen (secondary N) is 1. The van der Waals surface area contributed by atoms with E-state index in [2.05, 4.69) is 10.1 Å². The molecular formula is C13H13F3N4O3S. The Balaban J connectivity index is 2.14. The maximum absolute atomic E-state index is 13.1. The van der Waals surface area contributed by atoms with Crippen molar-refractivity contribution in [1.82, 2.24) is 14.8 Å². The molecule has 2 aromatic rings. The Hall–Kier alpha value is -2.14. The number of fused-ring (bicyclic) bond motifs is 1. The van der Waals surface area contributed by atoms with Crippen molar-refractivity contribution in [3.63, 3.8) is 0 Å². The summed E-state index contributed by atoms with van der Waals surface area (Å²) in [6, 6.07) is 8.37. The van der Waals surface area contributed by atoms with Crippen LogP contribution in [0, 0.1) is 0 Å². The van der Waals surface area contributed by atoms with Crippen LogP contribution in [0.1, 0.15) is 11.8 Å². The molecule has 24 heavy (non-hydrogen) atoms. The average molecular weight is 362 g/mol. The van der Waals surface area contributed by atoms with E-state index in [1.807, 2.05) is 5.32 Å². The molecule has 7 nitrogen and oxygen atoms in total. The van der Waals surface area contributed by atoms with Gasteiger partial charge in [-0.3, -0.25) is 0 Å². The minimum absolute atomic E-state index is 0.0539. The first-order valence-electron chi connectivity index (χ1n) is 6.79. The van der Waals surface area contributed by atoms with Gasteiger partial charge in [0.2, 0.25) is 11.7 Å². The zero-order valence-corrected chi connectivity index (χ0v) is 13.1. The van der Waals surface area contributed by atoms with Crippen LogP contribution >= 0.6 is 0 Å². The van der Waals surface area contributed by atoms with Gasteiger partial charge in [0.1, 0.15) is 0 Å². The minimum Gasteiger partial charge on any atom is -0.363 e. The molecule has 1 aromatic heterocycles. The lowest BCUT2D eigenvalue weighted by molar-refractivity contribution is -0.254. The third-order valence-corrected chi connectivity index (χ3v) is 5.04. The van der Waals surface area contributed by atoms with Crippen LogP contribution in [0.3, 0.4) is 0 Å². The highest BCUT2D eigenvalue weighted by Crippen LogP contribution is 2.43. The Labute approximate surface area is 135 Å². The Bertz CT molecular complexity index is 866. The molecule has 3 rings (SSSR count). The van der Waals surface area contributed by atoms with Crippen LogP contribution in [0.15, 0.2) is 30.3 Å². The normalized spacial score (nSPS) is 24.3. The number of hydrogen-bond donors (Lipinski definition) is 2. The summed E-state index contributed by atoms with van der Waals surface area (Å²) < 4.78 is 64.1. The van der Waals surface area contributed by atoms with Gasteiger partial charge in [0.15, 0.2) is 21.0 Å². The lowest BCUT2D eigenvalue weighted by atomic mass is 10.1. The molecule has 2 atom stereocenters. The molecule has 1 aliphatic rings. The standard InChI is InChI=1S/C13H13F3N4O3S/c1-24(22,23)9-7-12(21,13(14,15)16)18-11-17-10(19-20(9)11)8-5-3-2-4-6-8/h2-6,9,21H,7H2,1H3,(H,17,18,19)/t9-,12-/m1/s1. The molecule has 0 unspecified atom stereocenters. The largest absolute Gasteiger partial charge is 0.436 e. The van der Waals surface area contributed by atoms with E-state index in [0.29, 0.717) is 5.56 Å². The fourth-order valence-corrected chi connectivity index (χ4v) is 3.47. The number of halogens is 3. The van der Waals surface area contributed by atoms with Crippen molar-refractivity contribution < 1.29 is 26.7 Å². The van der Waals surface area contributed by atoms with Crippen LogP contribution in [-0.4, -0.2) is 46.4 Å². The molecule has 0 amide bonds. The lowest BCUT2D eigenvalue weighted by Gasteiger charge is -2.37. The van der Waals surface area contributed by atoms with Gasteiger partial charge >= 0.3 is 6.18 Å². The maximum Gasteiger partial charge on any atom is 0.436 e. The van der Waals surface area contributed by atoms with Gasteiger partial charge in [0, 0.05) is 18.2 Å². The number of rotatable bonds is 2. The van der Waals surface area contributed by atoms with Crippen LogP contribution in [-0.2, 0) is 9.84 Å². The van der Waals surface area contributed by atoms with Crippen molar-refractivity contribution in [3.8, 4) is 11.4 Å². The van der Waals surface area contributed by atoms with Gasteiger partial charge in [0.05, 0.1) is 0 Å². The van der Waals surface area contributed by atoms with Crippen molar-refractivity contribution >= 4 is 15.8 Å². The second-order valence-corrected chi connectivity index (χ2v) is 7.74. The van der Waals surface area contributed by atoms with E-state index in [-0.39, 0.29) is 5.82 Å². The van der Waals surface area contributed by atoms with E-state index in [0.717, 1.165) is 10.9 Å². The summed E-state index contributed by atoms with van der Waals surface area (Å²) in [6.07, 6.45) is -5.42. The molecule has 0 aliphatic carbocycles. The van der Waals surface area contributed by atoms with E-state index in [1.54, 1.807) is 30.3 Å². The van der Waals surface area contributed by atoms with Gasteiger partial charge in [-0.05, 0) is 0 Å². The molecule has 0 saturated heterocycles. The predicted molar refractivity (Wildman–Crippen MR) is 78.6 cm³/mol. The van der Waals surface area contributed by atoms with Crippen LogP contribution in [0.2, 0.25) is 0 Å². The van der Waals surface area contributed by atoms with E-state index < -0.39 is 39.5 Å². The topological polar surface area (TPSA) is 97.1 Å². The quantitative estimate of drug-likeness (QED) is 0.841. The summed E-state index contributed by atoms with van der Waals surface area (Å²) in [6.45, 7) is 0. The van der Waals surface area contributed by atoms with E-state index in [1.165, 1.54) is 0 Å². The second-order valence-electron chi connectivity index (χ2n) is 5.54. The molecular weight excluding hydrogens is 349 g/mol. The van der Waals surface area contributed by atoms with Crippen LogP contribution < -0.4 is 5.32 Å². The monoisotopic (exact) mass is 362 g/mol. The van der Waals surface area contributed by atoms with E-state index in [9.17, 15) is 26.7 Å². The van der Waals surface area contributed by atoms with Gasteiger partial charge in [-0.25, -0.2) is 13.1 Å². The van der Waals surface area contributed by atoms with Gasteiger partial charge < -0.3 is 10.4 Å². The highest BCUT2D eigenvalue weighted by molar-refractivity contribution is 7.90. The summed E-state index contributed by atoms with van der Waals surface area (Å²) in [4.78, 5) is 3.91. The van der Waals surface area contributed by atoms with E-state index in [4.69, 9.17) is 0 Å². The first-order chi connectivity index (χ1) is 11.0. The number of alkyl halides is 3. The fourth-order valence-electron chi connectivity index (χ4n) is 2.41. The van der Waals surface area contributed by atoms with Gasteiger partial charge in [-0.1, -0.05) is 30.3 Å². The zero-order chi connectivity index (χ0) is 17.8. The number of nitrogens with zero attached hydrogens (tertiary/aromatic N) is 3. The first-order valence-corrected chi connectivity index (χ1v) is 8.75. The Kier molecular flexibility index (Phi) is 3.61. The van der Waals surface area contributed by atoms with Gasteiger partial charge in [0.25, 0.3) is 0 Å². The SMILES string of the molecule is CS(=O)(=O)[C@@H]1C[C@@](O)(C(F)(F)F)Nc2nc(-c3ccccc3)nn21. The Morgan fingerprint density at radius 1 is 1.33 bits per heavy atom. The average Bonchev–Trinajstić information content (AvgIpc) is 2.88. The zero-order valence-electron chi connectivity index (χ0n) is 12.3. The van der Waals surface area contributed by atoms with Crippen LogP contribution in [0.25, 0.3) is 11.4 Å². The van der Waals surface area contributed by atoms with Crippen molar-refractivity contribution in [1.29, 1.82) is 0 Å².